The fourth-order valence-corrected chi connectivity index (χ4v) is 3.93. The Bertz CT molecular complexity index is 830. The summed E-state index contributed by atoms with van der Waals surface area (Å²) in [6.45, 7) is 8.94. The van der Waals surface area contributed by atoms with Crippen LogP contribution in [0.5, 0.6) is 5.75 Å². The van der Waals surface area contributed by atoms with Crippen molar-refractivity contribution in [2.75, 3.05) is 39.4 Å². The number of fused-ring (bicyclic) bond motifs is 1. The molecule has 0 aromatic heterocycles. The largest absolute Gasteiger partial charge is 0.488 e. The minimum absolute atomic E-state index is 0. The second kappa shape index (κ2) is 12.3. The highest BCUT2D eigenvalue weighted by atomic mass is 127. The molecule has 0 radical (unpaired) electrons. The average molecular weight is 536 g/mol. The van der Waals surface area contributed by atoms with Crippen molar-refractivity contribution in [1.82, 2.24) is 15.5 Å². The molecule has 2 aromatic rings. The van der Waals surface area contributed by atoms with E-state index in [2.05, 4.69) is 58.9 Å². The first-order valence-corrected chi connectivity index (χ1v) is 10.9. The zero-order valence-corrected chi connectivity index (χ0v) is 20.5. The topological polar surface area (TPSA) is 58.1 Å². The molecule has 2 heterocycles. The van der Waals surface area contributed by atoms with Crippen LogP contribution < -0.4 is 15.4 Å². The minimum Gasteiger partial charge on any atom is -0.488 e. The van der Waals surface area contributed by atoms with Crippen LogP contribution in [0.15, 0.2) is 53.5 Å². The quantitative estimate of drug-likeness (QED) is 0.324. The van der Waals surface area contributed by atoms with E-state index in [1.165, 1.54) is 16.7 Å². The molecule has 4 rings (SSSR count). The molecule has 0 aliphatic carbocycles. The van der Waals surface area contributed by atoms with Crippen molar-refractivity contribution in [1.29, 1.82) is 0 Å². The Morgan fingerprint density at radius 1 is 1.06 bits per heavy atom. The smallest absolute Gasteiger partial charge is 0.191 e. The van der Waals surface area contributed by atoms with Gasteiger partial charge in [-0.15, -0.1) is 24.0 Å². The van der Waals surface area contributed by atoms with Gasteiger partial charge in [0.05, 0.1) is 26.3 Å². The van der Waals surface area contributed by atoms with Crippen LogP contribution in [0.1, 0.15) is 23.6 Å². The van der Waals surface area contributed by atoms with E-state index in [0.717, 1.165) is 64.1 Å². The van der Waals surface area contributed by atoms with Crippen LogP contribution in [0, 0.1) is 0 Å². The lowest BCUT2D eigenvalue weighted by molar-refractivity contribution is 0.0342. The number of morpholine rings is 1. The van der Waals surface area contributed by atoms with Gasteiger partial charge in [0.15, 0.2) is 5.96 Å². The van der Waals surface area contributed by atoms with Crippen molar-refractivity contribution in [3.05, 3.63) is 65.2 Å². The molecule has 0 spiro atoms. The molecule has 1 atom stereocenters. The maximum absolute atomic E-state index is 6.03. The molecule has 6 nitrogen and oxygen atoms in total. The van der Waals surface area contributed by atoms with Crippen LogP contribution in [0.3, 0.4) is 0 Å². The molecule has 0 amide bonds. The van der Waals surface area contributed by atoms with Gasteiger partial charge < -0.3 is 20.1 Å². The van der Waals surface area contributed by atoms with Crippen LogP contribution in [-0.2, 0) is 24.2 Å². The Labute approximate surface area is 202 Å². The molecule has 2 aromatic carbocycles. The number of benzene rings is 2. The first-order chi connectivity index (χ1) is 14.8. The fourth-order valence-electron chi connectivity index (χ4n) is 3.93. The highest BCUT2D eigenvalue weighted by Gasteiger charge is 2.22. The number of ether oxygens (including phenoxy) is 2. The van der Waals surface area contributed by atoms with E-state index in [4.69, 9.17) is 14.5 Å². The van der Waals surface area contributed by atoms with Gasteiger partial charge in [0, 0.05) is 32.6 Å². The lowest BCUT2D eigenvalue weighted by atomic mass is 10.1. The second-order valence-electron chi connectivity index (χ2n) is 7.84. The molecule has 168 valence electrons. The molecule has 2 aliphatic rings. The number of halogens is 1. The number of aliphatic imine (C=N–C) groups is 1. The number of hydrogen-bond acceptors (Lipinski definition) is 4. The number of para-hydroxylation sites is 1. The van der Waals surface area contributed by atoms with Crippen molar-refractivity contribution in [2.45, 2.75) is 32.5 Å². The zero-order valence-electron chi connectivity index (χ0n) is 18.2. The summed E-state index contributed by atoms with van der Waals surface area (Å²) in [7, 11) is 0. The maximum Gasteiger partial charge on any atom is 0.191 e. The number of guanidine groups is 1. The van der Waals surface area contributed by atoms with E-state index in [1.54, 1.807) is 0 Å². The predicted molar refractivity (Wildman–Crippen MR) is 135 cm³/mol. The van der Waals surface area contributed by atoms with E-state index in [-0.39, 0.29) is 30.1 Å². The first-order valence-electron chi connectivity index (χ1n) is 10.9. The van der Waals surface area contributed by atoms with E-state index in [9.17, 15) is 0 Å². The zero-order chi connectivity index (χ0) is 20.6. The average Bonchev–Trinajstić information content (AvgIpc) is 3.20. The highest BCUT2D eigenvalue weighted by Crippen LogP contribution is 2.27. The van der Waals surface area contributed by atoms with Crippen molar-refractivity contribution in [3.63, 3.8) is 0 Å². The molecule has 31 heavy (non-hydrogen) atoms. The molecule has 0 bridgehead atoms. The Kier molecular flexibility index (Phi) is 9.42. The van der Waals surface area contributed by atoms with Crippen molar-refractivity contribution < 1.29 is 9.47 Å². The predicted octanol–water partition coefficient (Wildman–Crippen LogP) is 3.20. The molecule has 2 aliphatic heterocycles. The van der Waals surface area contributed by atoms with E-state index in [1.807, 2.05) is 12.1 Å². The molecule has 1 fully saturated rings. The first kappa shape index (κ1) is 23.8. The third-order valence-corrected chi connectivity index (χ3v) is 5.48. The number of nitrogens with one attached hydrogen (secondary N) is 2. The standard InChI is InChI=1S/C24H32N4O2.HI/c1-2-25-24(27-17-22-15-21-8-3-4-9-23(21)30-22)26-16-19-6-5-7-20(14-19)18-28-10-12-29-13-11-28;/h3-9,14,22H,2,10-13,15-18H2,1H3,(H2,25,26,27);1H. The molecular weight excluding hydrogens is 503 g/mol. The van der Waals surface area contributed by atoms with Gasteiger partial charge in [0.1, 0.15) is 11.9 Å². The van der Waals surface area contributed by atoms with Crippen LogP contribution in [-0.4, -0.2) is 56.4 Å². The highest BCUT2D eigenvalue weighted by molar-refractivity contribution is 14.0. The third-order valence-electron chi connectivity index (χ3n) is 5.48. The third kappa shape index (κ3) is 7.08. The van der Waals surface area contributed by atoms with Gasteiger partial charge in [-0.25, -0.2) is 4.99 Å². The summed E-state index contributed by atoms with van der Waals surface area (Å²) in [5.41, 5.74) is 3.84. The van der Waals surface area contributed by atoms with Gasteiger partial charge >= 0.3 is 0 Å². The van der Waals surface area contributed by atoms with Crippen LogP contribution in [0.2, 0.25) is 0 Å². The molecule has 1 unspecified atom stereocenters. The van der Waals surface area contributed by atoms with Gasteiger partial charge in [-0.3, -0.25) is 4.90 Å². The SMILES string of the molecule is CCNC(=NCc1cccc(CN2CCOCC2)c1)NCC1Cc2ccccc2O1.I. The van der Waals surface area contributed by atoms with Gasteiger partial charge in [-0.05, 0) is 29.7 Å². The lowest BCUT2D eigenvalue weighted by Crippen LogP contribution is -2.42. The summed E-state index contributed by atoms with van der Waals surface area (Å²) in [5, 5.41) is 6.78. The van der Waals surface area contributed by atoms with E-state index in [0.29, 0.717) is 6.54 Å². The van der Waals surface area contributed by atoms with Gasteiger partial charge in [0.2, 0.25) is 0 Å². The van der Waals surface area contributed by atoms with Gasteiger partial charge in [-0.1, -0.05) is 42.5 Å². The second-order valence-corrected chi connectivity index (χ2v) is 7.84. The molecule has 2 N–H and O–H groups in total. The maximum atomic E-state index is 6.03. The molecule has 1 saturated heterocycles. The van der Waals surface area contributed by atoms with Crippen LogP contribution in [0.25, 0.3) is 0 Å². The Morgan fingerprint density at radius 2 is 1.87 bits per heavy atom. The summed E-state index contributed by atoms with van der Waals surface area (Å²) < 4.78 is 11.5. The summed E-state index contributed by atoms with van der Waals surface area (Å²) >= 11 is 0. The van der Waals surface area contributed by atoms with E-state index < -0.39 is 0 Å². The Morgan fingerprint density at radius 3 is 2.68 bits per heavy atom. The number of nitrogens with zero attached hydrogens (tertiary/aromatic N) is 2. The number of hydrogen-bond donors (Lipinski definition) is 2. The molecule has 7 heteroatoms. The normalized spacial score (nSPS) is 18.6. The monoisotopic (exact) mass is 536 g/mol. The molecular formula is C24H33IN4O2. The van der Waals surface area contributed by atoms with Crippen molar-refractivity contribution >= 4 is 29.9 Å². The fraction of sp³-hybridized carbons (Fsp3) is 0.458. The lowest BCUT2D eigenvalue weighted by Gasteiger charge is -2.26. The molecule has 0 saturated carbocycles. The van der Waals surface area contributed by atoms with Crippen LogP contribution >= 0.6 is 24.0 Å². The van der Waals surface area contributed by atoms with Crippen LogP contribution in [0.4, 0.5) is 0 Å². The van der Waals surface area contributed by atoms with Crippen molar-refractivity contribution in [3.8, 4) is 5.75 Å². The summed E-state index contributed by atoms with van der Waals surface area (Å²) in [5.74, 6) is 1.83. The van der Waals surface area contributed by atoms with Gasteiger partial charge in [-0.2, -0.15) is 0 Å². The minimum atomic E-state index is 0. The van der Waals surface area contributed by atoms with E-state index >= 15 is 0 Å². The summed E-state index contributed by atoms with van der Waals surface area (Å²) in [6, 6.07) is 17.0. The number of rotatable bonds is 7. The summed E-state index contributed by atoms with van der Waals surface area (Å²) in [4.78, 5) is 7.23. The Hall–Kier alpha value is -1.84. The van der Waals surface area contributed by atoms with Crippen molar-refractivity contribution in [2.24, 2.45) is 4.99 Å². The summed E-state index contributed by atoms with van der Waals surface area (Å²) in [6.07, 6.45) is 1.08. The Balaban J connectivity index is 0.00000272. The van der Waals surface area contributed by atoms with Gasteiger partial charge in [0.25, 0.3) is 0 Å².